The highest BCUT2D eigenvalue weighted by molar-refractivity contribution is 5.67. The van der Waals surface area contributed by atoms with Gasteiger partial charge in [0.25, 0.3) is 0 Å². The molecule has 2 N–H and O–H groups in total. The molecule has 0 aromatic heterocycles. The van der Waals surface area contributed by atoms with Gasteiger partial charge < -0.3 is 14.7 Å². The Labute approximate surface area is 79.4 Å². The van der Waals surface area contributed by atoms with Crippen LogP contribution >= 0.6 is 0 Å². The lowest BCUT2D eigenvalue weighted by Gasteiger charge is -2.43. The van der Waals surface area contributed by atoms with Crippen molar-refractivity contribution in [3.8, 4) is 0 Å². The van der Waals surface area contributed by atoms with Gasteiger partial charge in [-0.3, -0.25) is 4.79 Å². The minimum Gasteiger partial charge on any atom is -0.481 e. The number of aliphatic hydroxyl groups is 1. The van der Waals surface area contributed by atoms with E-state index in [9.17, 15) is 9.90 Å². The van der Waals surface area contributed by atoms with Gasteiger partial charge in [-0.25, -0.2) is 0 Å². The Hall–Kier alpha value is -0.610. The van der Waals surface area contributed by atoms with E-state index in [0.29, 0.717) is 4.48 Å². The van der Waals surface area contributed by atoms with Crippen LogP contribution in [-0.4, -0.2) is 53.5 Å². The molecule has 0 aromatic carbocycles. The maximum absolute atomic E-state index is 10.4. The summed E-state index contributed by atoms with van der Waals surface area (Å²) >= 11 is 0. The zero-order chi connectivity index (χ0) is 10.9. The number of carboxylic acids is 1. The molecule has 1 atom stereocenters. The maximum atomic E-state index is 10.4. The third-order valence-electron chi connectivity index (χ3n) is 2.91. The smallest absolute Gasteiger partial charge is 0.306 e. The molecule has 0 rings (SSSR count). The average molecular weight is 190 g/mol. The fraction of sp³-hybridized carbons (Fsp3) is 0.889. The van der Waals surface area contributed by atoms with Crippen molar-refractivity contribution in [2.24, 2.45) is 0 Å². The molecule has 0 amide bonds. The van der Waals surface area contributed by atoms with Gasteiger partial charge in [-0.1, -0.05) is 0 Å². The molecule has 0 saturated heterocycles. The van der Waals surface area contributed by atoms with Crippen LogP contribution in [0.5, 0.6) is 0 Å². The van der Waals surface area contributed by atoms with E-state index in [4.69, 9.17) is 5.11 Å². The highest BCUT2D eigenvalue weighted by atomic mass is 16.4. The highest BCUT2D eigenvalue weighted by Crippen LogP contribution is 2.23. The molecule has 0 aliphatic rings. The lowest BCUT2D eigenvalue weighted by molar-refractivity contribution is -0.923. The van der Waals surface area contributed by atoms with E-state index in [1.54, 1.807) is 0 Å². The highest BCUT2D eigenvalue weighted by Gasteiger charge is 2.41. The second-order valence-corrected chi connectivity index (χ2v) is 4.78. The van der Waals surface area contributed by atoms with Gasteiger partial charge >= 0.3 is 5.97 Å². The molecule has 4 heteroatoms. The molecule has 0 fully saturated rings. The molecule has 0 radical (unpaired) electrons. The van der Waals surface area contributed by atoms with Crippen molar-refractivity contribution >= 4 is 5.97 Å². The molecule has 0 aliphatic heterocycles. The van der Waals surface area contributed by atoms with Crippen molar-refractivity contribution in [1.82, 2.24) is 0 Å². The molecule has 0 aliphatic carbocycles. The summed E-state index contributed by atoms with van der Waals surface area (Å²) in [5.74, 6) is -0.964. The van der Waals surface area contributed by atoms with E-state index < -0.39 is 17.6 Å². The standard InChI is InChI=1S/C9H19NO3/c1-9(2,10(3,4)5)7(11)6-8(12)13/h7,11H,6H2,1-5H3/p+1. The molecule has 0 saturated carbocycles. The predicted octanol–water partition coefficient (Wildman–Crippen LogP) is 0.307. The van der Waals surface area contributed by atoms with Crippen molar-refractivity contribution < 1.29 is 19.5 Å². The largest absolute Gasteiger partial charge is 0.481 e. The number of hydrogen-bond acceptors (Lipinski definition) is 2. The Morgan fingerprint density at radius 2 is 1.77 bits per heavy atom. The topological polar surface area (TPSA) is 57.5 Å². The predicted molar refractivity (Wildman–Crippen MR) is 50.4 cm³/mol. The van der Waals surface area contributed by atoms with Crippen molar-refractivity contribution in [2.45, 2.75) is 31.9 Å². The Bertz CT molecular complexity index is 194. The molecule has 0 aromatic rings. The molecule has 0 spiro atoms. The molecule has 78 valence electrons. The summed E-state index contributed by atoms with van der Waals surface area (Å²) < 4.78 is 0.529. The first-order valence-corrected chi connectivity index (χ1v) is 4.30. The first kappa shape index (κ1) is 12.4. The lowest BCUT2D eigenvalue weighted by atomic mass is 9.91. The third kappa shape index (κ3) is 2.97. The summed E-state index contributed by atoms with van der Waals surface area (Å²) in [6.45, 7) is 3.72. The number of quaternary nitrogens is 1. The quantitative estimate of drug-likeness (QED) is 0.627. The van der Waals surface area contributed by atoms with Crippen molar-refractivity contribution in [2.75, 3.05) is 21.1 Å². The average Bonchev–Trinajstić information content (AvgIpc) is 1.82. The summed E-state index contributed by atoms with van der Waals surface area (Å²) in [4.78, 5) is 10.4. The van der Waals surface area contributed by atoms with Crippen molar-refractivity contribution in [3.63, 3.8) is 0 Å². The van der Waals surface area contributed by atoms with E-state index in [-0.39, 0.29) is 6.42 Å². The summed E-state index contributed by atoms with van der Waals surface area (Å²) in [6.07, 6.45) is -1.03. The zero-order valence-electron chi connectivity index (χ0n) is 9.03. The van der Waals surface area contributed by atoms with Crippen molar-refractivity contribution in [1.29, 1.82) is 0 Å². The molecule has 0 heterocycles. The Morgan fingerprint density at radius 1 is 1.38 bits per heavy atom. The van der Waals surface area contributed by atoms with E-state index in [1.807, 2.05) is 35.0 Å². The maximum Gasteiger partial charge on any atom is 0.306 e. The van der Waals surface area contributed by atoms with Gasteiger partial charge in [-0.15, -0.1) is 0 Å². The van der Waals surface area contributed by atoms with Gasteiger partial charge in [-0.05, 0) is 13.8 Å². The van der Waals surface area contributed by atoms with Crippen LogP contribution in [-0.2, 0) is 4.79 Å². The molecular weight excluding hydrogens is 170 g/mol. The number of carboxylic acid groups (broad SMARTS) is 1. The van der Waals surface area contributed by atoms with E-state index in [2.05, 4.69) is 0 Å². The first-order chi connectivity index (χ1) is 5.59. The van der Waals surface area contributed by atoms with E-state index in [0.717, 1.165) is 0 Å². The van der Waals surface area contributed by atoms with Gasteiger partial charge in [0.05, 0.1) is 27.6 Å². The van der Waals surface area contributed by atoms with Gasteiger partial charge in [-0.2, -0.15) is 0 Å². The van der Waals surface area contributed by atoms with Crippen LogP contribution in [0.4, 0.5) is 0 Å². The van der Waals surface area contributed by atoms with Crippen LogP contribution in [0.1, 0.15) is 20.3 Å². The van der Waals surface area contributed by atoms with Crippen LogP contribution in [0.3, 0.4) is 0 Å². The molecule has 1 unspecified atom stereocenters. The van der Waals surface area contributed by atoms with Gasteiger partial charge in [0.1, 0.15) is 11.6 Å². The van der Waals surface area contributed by atoms with Gasteiger partial charge in [0.15, 0.2) is 0 Å². The number of hydrogen-bond donors (Lipinski definition) is 2. The Balaban J connectivity index is 4.54. The number of aliphatic carboxylic acids is 1. The van der Waals surface area contributed by atoms with E-state index >= 15 is 0 Å². The van der Waals surface area contributed by atoms with Crippen LogP contribution in [0.15, 0.2) is 0 Å². The molecule has 4 nitrogen and oxygen atoms in total. The number of likely N-dealkylation sites (N-methyl/N-ethyl adjacent to an activating group) is 1. The van der Waals surface area contributed by atoms with Gasteiger partial charge in [0, 0.05) is 0 Å². The molecule has 0 bridgehead atoms. The van der Waals surface area contributed by atoms with Crippen LogP contribution < -0.4 is 0 Å². The normalized spacial score (nSPS) is 15.5. The SMILES string of the molecule is CC(C)(C(O)CC(=O)O)[N+](C)(C)C. The van der Waals surface area contributed by atoms with Crippen LogP contribution in [0, 0.1) is 0 Å². The number of carbonyl (C=O) groups is 1. The number of nitrogens with zero attached hydrogens (tertiary/aromatic N) is 1. The zero-order valence-corrected chi connectivity index (χ0v) is 9.03. The van der Waals surface area contributed by atoms with Gasteiger partial charge in [0.2, 0.25) is 0 Å². The Morgan fingerprint density at radius 3 is 2.00 bits per heavy atom. The van der Waals surface area contributed by atoms with Crippen LogP contribution in [0.2, 0.25) is 0 Å². The fourth-order valence-electron chi connectivity index (χ4n) is 0.862. The summed E-state index contributed by atoms with van der Waals surface area (Å²) in [6, 6.07) is 0. The minimum atomic E-state index is -0.964. The lowest BCUT2D eigenvalue weighted by Crippen LogP contribution is -2.60. The second kappa shape index (κ2) is 3.64. The molecule has 13 heavy (non-hydrogen) atoms. The summed E-state index contributed by atoms with van der Waals surface area (Å²) in [7, 11) is 5.81. The number of aliphatic hydroxyl groups excluding tert-OH is 1. The monoisotopic (exact) mass is 190 g/mol. The summed E-state index contributed by atoms with van der Waals surface area (Å²) in [5.41, 5.74) is -0.460. The minimum absolute atomic E-state index is 0.206. The van der Waals surface area contributed by atoms with E-state index in [1.165, 1.54) is 0 Å². The van der Waals surface area contributed by atoms with Crippen molar-refractivity contribution in [3.05, 3.63) is 0 Å². The Kier molecular flexibility index (Phi) is 3.47. The number of rotatable bonds is 4. The third-order valence-corrected chi connectivity index (χ3v) is 2.91. The first-order valence-electron chi connectivity index (χ1n) is 4.30. The fourth-order valence-corrected chi connectivity index (χ4v) is 0.862. The molecular formula is C9H20NO3+. The second-order valence-electron chi connectivity index (χ2n) is 4.78. The summed E-state index contributed by atoms with van der Waals surface area (Å²) in [5, 5.41) is 18.2. The van der Waals surface area contributed by atoms with Crippen LogP contribution in [0.25, 0.3) is 0 Å².